The molecule has 2 heterocycles. The van der Waals surface area contributed by atoms with Crippen LogP contribution >= 0.6 is 0 Å². The van der Waals surface area contributed by atoms with Gasteiger partial charge in [-0.15, -0.1) is 0 Å². The first-order chi connectivity index (χ1) is 16.8. The molecule has 0 aromatic carbocycles. The SMILES string of the molecule is CC1=CC2C3C(C(C)=C4C5OC(=O)C(C)C5CC[C@](C)(O)C43)[C@]13C1OC(=O)C(C)C1CC[C@](C)(O)C23. The smallest absolute Gasteiger partial charge is 0.309 e. The van der Waals surface area contributed by atoms with Crippen molar-refractivity contribution in [2.24, 2.45) is 58.7 Å². The fourth-order valence-electron chi connectivity index (χ4n) is 11.0. The molecular formula is C30H40O6. The van der Waals surface area contributed by atoms with Crippen molar-refractivity contribution in [1.82, 2.24) is 0 Å². The van der Waals surface area contributed by atoms with Crippen molar-refractivity contribution in [3.05, 3.63) is 22.8 Å². The van der Waals surface area contributed by atoms with Gasteiger partial charge < -0.3 is 19.7 Å². The number of rotatable bonds is 0. The second-order valence-electron chi connectivity index (χ2n) is 13.9. The van der Waals surface area contributed by atoms with Gasteiger partial charge in [-0.3, -0.25) is 9.59 Å². The lowest BCUT2D eigenvalue weighted by molar-refractivity contribution is -0.153. The molecule has 5 fully saturated rings. The van der Waals surface area contributed by atoms with E-state index in [9.17, 15) is 19.8 Å². The van der Waals surface area contributed by atoms with Gasteiger partial charge in [0.15, 0.2) is 0 Å². The van der Waals surface area contributed by atoms with Gasteiger partial charge in [0.1, 0.15) is 12.2 Å². The number of aliphatic hydroxyl groups is 2. The fraction of sp³-hybridized carbons (Fsp3) is 0.800. The van der Waals surface area contributed by atoms with Crippen LogP contribution in [0.4, 0.5) is 0 Å². The number of ether oxygens (including phenoxy) is 2. The zero-order chi connectivity index (χ0) is 25.7. The summed E-state index contributed by atoms with van der Waals surface area (Å²) in [6, 6.07) is 0. The average Bonchev–Trinajstić information content (AvgIpc) is 3.49. The third-order valence-corrected chi connectivity index (χ3v) is 12.4. The molecule has 6 nitrogen and oxygen atoms in total. The number of allylic oxidation sites excluding steroid dienone is 2. The Morgan fingerprint density at radius 2 is 1.50 bits per heavy atom. The van der Waals surface area contributed by atoms with Gasteiger partial charge in [0, 0.05) is 29.1 Å². The molecule has 11 unspecified atom stereocenters. The summed E-state index contributed by atoms with van der Waals surface area (Å²) in [6.07, 6.45) is 4.59. The Bertz CT molecular complexity index is 1130. The van der Waals surface area contributed by atoms with Crippen molar-refractivity contribution in [2.45, 2.75) is 90.6 Å². The predicted octanol–water partition coefficient (Wildman–Crippen LogP) is 3.80. The van der Waals surface area contributed by atoms with Crippen molar-refractivity contribution in [3.8, 4) is 0 Å². The van der Waals surface area contributed by atoms with E-state index in [1.54, 1.807) is 0 Å². The summed E-state index contributed by atoms with van der Waals surface area (Å²) in [6.45, 7) is 12.2. The van der Waals surface area contributed by atoms with Gasteiger partial charge >= 0.3 is 11.9 Å². The highest BCUT2D eigenvalue weighted by Crippen LogP contribution is 2.78. The van der Waals surface area contributed by atoms with Crippen LogP contribution in [0.5, 0.6) is 0 Å². The van der Waals surface area contributed by atoms with Gasteiger partial charge in [0.25, 0.3) is 0 Å². The number of esters is 2. The quantitative estimate of drug-likeness (QED) is 0.391. The lowest BCUT2D eigenvalue weighted by Gasteiger charge is -2.47. The average molecular weight is 497 g/mol. The van der Waals surface area contributed by atoms with Gasteiger partial charge in [-0.2, -0.15) is 0 Å². The van der Waals surface area contributed by atoms with Gasteiger partial charge in [-0.25, -0.2) is 0 Å². The van der Waals surface area contributed by atoms with Crippen LogP contribution in [-0.4, -0.2) is 45.6 Å². The first-order valence-corrected chi connectivity index (χ1v) is 14.1. The van der Waals surface area contributed by atoms with Gasteiger partial charge in [-0.05, 0) is 76.7 Å². The van der Waals surface area contributed by atoms with Crippen LogP contribution in [0, 0.1) is 58.7 Å². The molecule has 0 radical (unpaired) electrons. The molecule has 2 N–H and O–H groups in total. The minimum atomic E-state index is -0.931. The molecule has 196 valence electrons. The lowest BCUT2D eigenvalue weighted by Crippen LogP contribution is -2.51. The van der Waals surface area contributed by atoms with Gasteiger partial charge in [0.05, 0.1) is 23.0 Å². The van der Waals surface area contributed by atoms with Crippen LogP contribution in [0.15, 0.2) is 22.8 Å². The Morgan fingerprint density at radius 1 is 0.889 bits per heavy atom. The summed E-state index contributed by atoms with van der Waals surface area (Å²) in [4.78, 5) is 25.7. The number of carbonyl (C=O) groups is 2. The monoisotopic (exact) mass is 496 g/mol. The summed E-state index contributed by atoms with van der Waals surface area (Å²) < 4.78 is 12.4. The van der Waals surface area contributed by atoms with E-state index in [1.165, 1.54) is 11.1 Å². The molecular weight excluding hydrogens is 456 g/mol. The van der Waals surface area contributed by atoms with E-state index in [4.69, 9.17) is 9.47 Å². The lowest BCUT2D eigenvalue weighted by atomic mass is 9.58. The number of fused-ring (bicyclic) bond motifs is 7. The minimum absolute atomic E-state index is 0.0486. The first kappa shape index (κ1) is 23.5. The molecule has 14 atom stereocenters. The summed E-state index contributed by atoms with van der Waals surface area (Å²) >= 11 is 0. The van der Waals surface area contributed by atoms with E-state index in [0.717, 1.165) is 18.4 Å². The van der Waals surface area contributed by atoms with Crippen molar-refractivity contribution in [3.63, 3.8) is 0 Å². The van der Waals surface area contributed by atoms with Crippen LogP contribution in [0.25, 0.3) is 0 Å². The highest BCUT2D eigenvalue weighted by atomic mass is 16.6. The van der Waals surface area contributed by atoms with E-state index in [0.29, 0.717) is 12.8 Å². The zero-order valence-corrected chi connectivity index (χ0v) is 22.3. The van der Waals surface area contributed by atoms with E-state index in [1.807, 2.05) is 27.7 Å². The normalized spacial score (nSPS) is 58.8. The van der Waals surface area contributed by atoms with Crippen molar-refractivity contribution >= 4 is 11.9 Å². The van der Waals surface area contributed by atoms with Gasteiger partial charge in [-0.1, -0.05) is 31.1 Å². The maximum atomic E-state index is 13.0. The Labute approximate surface area is 213 Å². The molecule has 0 aromatic rings. The Morgan fingerprint density at radius 3 is 2.22 bits per heavy atom. The van der Waals surface area contributed by atoms with Crippen LogP contribution in [0.3, 0.4) is 0 Å². The number of carbonyl (C=O) groups excluding carboxylic acids is 2. The molecule has 7 rings (SSSR count). The Balaban J connectivity index is 1.47. The molecule has 2 aliphatic heterocycles. The summed E-state index contributed by atoms with van der Waals surface area (Å²) in [5.74, 6) is -0.460. The molecule has 7 aliphatic rings. The van der Waals surface area contributed by atoms with E-state index in [-0.39, 0.29) is 77.4 Å². The second kappa shape index (κ2) is 6.85. The topological polar surface area (TPSA) is 93.1 Å². The zero-order valence-electron chi connectivity index (χ0n) is 22.3. The van der Waals surface area contributed by atoms with Crippen LogP contribution < -0.4 is 0 Å². The minimum Gasteiger partial charge on any atom is -0.461 e. The summed E-state index contributed by atoms with van der Waals surface area (Å²) in [5.41, 5.74) is 1.23. The summed E-state index contributed by atoms with van der Waals surface area (Å²) in [5, 5.41) is 24.1. The van der Waals surface area contributed by atoms with Crippen LogP contribution in [0.1, 0.15) is 67.2 Å². The van der Waals surface area contributed by atoms with Gasteiger partial charge in [0.2, 0.25) is 0 Å². The second-order valence-corrected chi connectivity index (χ2v) is 13.9. The maximum Gasteiger partial charge on any atom is 0.309 e. The van der Waals surface area contributed by atoms with Crippen LogP contribution in [-0.2, 0) is 19.1 Å². The molecule has 5 aliphatic carbocycles. The molecule has 0 aromatic heterocycles. The summed E-state index contributed by atoms with van der Waals surface area (Å²) in [7, 11) is 0. The molecule has 0 spiro atoms. The fourth-order valence-corrected chi connectivity index (χ4v) is 11.0. The van der Waals surface area contributed by atoms with Crippen molar-refractivity contribution in [1.29, 1.82) is 0 Å². The Kier molecular flexibility index (Phi) is 4.46. The molecule has 2 saturated heterocycles. The molecule has 6 heteroatoms. The molecule has 36 heavy (non-hydrogen) atoms. The van der Waals surface area contributed by atoms with E-state index >= 15 is 0 Å². The Hall–Kier alpha value is -1.66. The van der Waals surface area contributed by atoms with Crippen molar-refractivity contribution < 1.29 is 29.3 Å². The van der Waals surface area contributed by atoms with Crippen molar-refractivity contribution in [2.75, 3.05) is 0 Å². The van der Waals surface area contributed by atoms with E-state index < -0.39 is 16.6 Å². The molecule has 3 saturated carbocycles. The predicted molar refractivity (Wildman–Crippen MR) is 131 cm³/mol. The van der Waals surface area contributed by atoms with Crippen LogP contribution in [0.2, 0.25) is 0 Å². The maximum absolute atomic E-state index is 13.0. The first-order valence-electron chi connectivity index (χ1n) is 14.1. The largest absolute Gasteiger partial charge is 0.461 e. The molecule has 0 amide bonds. The molecule has 2 bridgehead atoms. The number of hydrogen-bond donors (Lipinski definition) is 2. The highest BCUT2D eigenvalue weighted by Gasteiger charge is 2.78. The third-order valence-electron chi connectivity index (χ3n) is 12.4. The van der Waals surface area contributed by atoms with E-state index in [2.05, 4.69) is 19.9 Å². The standard InChI is InChI=1S/C30H40O6/c1-12-11-18-20-21(30(12)24(18)29(6,34)10-8-17-14(3)27(32)36-25(17)30)15(4)19-22(20)28(5,33)9-7-16-13(2)26(31)35-23(16)19/h11,13-14,16-18,20-25,33-34H,7-10H2,1-6H3/t13?,14?,16?,17?,18?,20?,21?,22?,23?,24?,25?,28-,29-,30+/m0/s1. The number of hydrogen-bond acceptors (Lipinski definition) is 6. The highest BCUT2D eigenvalue weighted by molar-refractivity contribution is 5.76. The third kappa shape index (κ3) is 2.43.